The van der Waals surface area contributed by atoms with Crippen LogP contribution in [0.2, 0.25) is 0 Å². The van der Waals surface area contributed by atoms with E-state index in [2.05, 4.69) is 52.0 Å². The minimum Gasteiger partial charge on any atom is -0.355 e. The van der Waals surface area contributed by atoms with E-state index in [0.29, 0.717) is 36.8 Å². The van der Waals surface area contributed by atoms with Crippen molar-refractivity contribution in [2.24, 2.45) is 23.5 Å². The molecular weight excluding hydrogens is 250 g/mol. The molecule has 2 atom stereocenters. The van der Waals surface area contributed by atoms with E-state index >= 15 is 0 Å². The first-order valence-electron chi connectivity index (χ1n) is 7.89. The van der Waals surface area contributed by atoms with E-state index in [0.717, 1.165) is 19.4 Å². The molecule has 120 valence electrons. The minimum atomic E-state index is 0.136. The Labute approximate surface area is 125 Å². The smallest absolute Gasteiger partial charge is 0.220 e. The van der Waals surface area contributed by atoms with Crippen molar-refractivity contribution in [2.75, 3.05) is 27.2 Å². The Morgan fingerprint density at radius 1 is 1.10 bits per heavy atom. The van der Waals surface area contributed by atoms with E-state index in [4.69, 9.17) is 5.73 Å². The van der Waals surface area contributed by atoms with Crippen LogP contribution < -0.4 is 11.1 Å². The highest BCUT2D eigenvalue weighted by molar-refractivity contribution is 5.76. The van der Waals surface area contributed by atoms with Gasteiger partial charge in [-0.2, -0.15) is 0 Å². The number of nitrogens with two attached hydrogens (primary N) is 1. The third-order valence-corrected chi connectivity index (χ3v) is 3.62. The van der Waals surface area contributed by atoms with Gasteiger partial charge in [-0.05, 0) is 51.2 Å². The maximum absolute atomic E-state index is 12.0. The van der Waals surface area contributed by atoms with Gasteiger partial charge in [0.05, 0.1) is 0 Å². The van der Waals surface area contributed by atoms with Crippen molar-refractivity contribution in [1.29, 1.82) is 0 Å². The first kappa shape index (κ1) is 19.4. The fraction of sp³-hybridized carbons (Fsp3) is 0.938. The summed E-state index contributed by atoms with van der Waals surface area (Å²) in [4.78, 5) is 14.2. The molecule has 1 unspecified atom stereocenters. The molecule has 0 bridgehead atoms. The number of likely N-dealkylation sites (N-methyl/N-ethyl adjacent to an activating group) is 1. The molecule has 0 rings (SSSR count). The summed E-state index contributed by atoms with van der Waals surface area (Å²) in [6.07, 6.45) is 2.67. The molecule has 0 aliphatic carbocycles. The summed E-state index contributed by atoms with van der Waals surface area (Å²) in [7, 11) is 4.14. The number of hydrogen-bond donors (Lipinski definition) is 2. The maximum Gasteiger partial charge on any atom is 0.220 e. The molecule has 0 aliphatic heterocycles. The van der Waals surface area contributed by atoms with Crippen LogP contribution >= 0.6 is 0 Å². The second-order valence-electron chi connectivity index (χ2n) is 6.99. The number of nitrogens with zero attached hydrogens (tertiary/aromatic N) is 1. The number of nitrogens with one attached hydrogen (secondary N) is 1. The van der Waals surface area contributed by atoms with Gasteiger partial charge < -0.3 is 16.0 Å². The Morgan fingerprint density at radius 3 is 2.05 bits per heavy atom. The first-order valence-corrected chi connectivity index (χ1v) is 7.89. The molecule has 0 heterocycles. The predicted octanol–water partition coefficient (Wildman–Crippen LogP) is 2.09. The number of amides is 1. The molecule has 0 aromatic carbocycles. The third-order valence-electron chi connectivity index (χ3n) is 3.62. The molecule has 0 aromatic heterocycles. The van der Waals surface area contributed by atoms with Crippen LogP contribution in [0.25, 0.3) is 0 Å². The van der Waals surface area contributed by atoms with Crippen LogP contribution in [-0.2, 0) is 4.79 Å². The average molecular weight is 285 g/mol. The summed E-state index contributed by atoms with van der Waals surface area (Å²) in [5.41, 5.74) is 5.75. The highest BCUT2D eigenvalue weighted by Gasteiger charge is 2.17. The van der Waals surface area contributed by atoms with Gasteiger partial charge in [-0.3, -0.25) is 4.79 Å². The molecule has 1 amide bonds. The van der Waals surface area contributed by atoms with Crippen molar-refractivity contribution < 1.29 is 4.79 Å². The van der Waals surface area contributed by atoms with E-state index in [1.54, 1.807) is 0 Å². The summed E-state index contributed by atoms with van der Waals surface area (Å²) in [6, 6.07) is 0.403. The number of rotatable bonds is 10. The Kier molecular flexibility index (Phi) is 9.86. The number of hydrogen-bond acceptors (Lipinski definition) is 3. The largest absolute Gasteiger partial charge is 0.355 e. The van der Waals surface area contributed by atoms with Gasteiger partial charge in [-0.25, -0.2) is 0 Å². The van der Waals surface area contributed by atoms with Crippen molar-refractivity contribution in [2.45, 2.75) is 53.0 Å². The lowest BCUT2D eigenvalue weighted by Gasteiger charge is -2.26. The highest BCUT2D eigenvalue weighted by atomic mass is 16.1. The van der Waals surface area contributed by atoms with Gasteiger partial charge in [-0.15, -0.1) is 0 Å². The van der Waals surface area contributed by atoms with Gasteiger partial charge in [0.2, 0.25) is 5.91 Å². The second-order valence-corrected chi connectivity index (χ2v) is 6.99. The van der Waals surface area contributed by atoms with Crippen LogP contribution in [0.5, 0.6) is 0 Å². The molecular formula is C16H35N3O. The number of carbonyl (C=O) groups excluding carboxylic acids is 1. The molecule has 0 spiro atoms. The SMILES string of the molecule is CC(C)CC(CNC(=O)C[C@@H](CN)CC(C)C)N(C)C. The predicted molar refractivity (Wildman–Crippen MR) is 86.6 cm³/mol. The maximum atomic E-state index is 12.0. The molecule has 0 aliphatic rings. The van der Waals surface area contributed by atoms with Gasteiger partial charge >= 0.3 is 0 Å². The molecule has 0 radical (unpaired) electrons. The van der Waals surface area contributed by atoms with Crippen LogP contribution in [0.15, 0.2) is 0 Å². The van der Waals surface area contributed by atoms with Gasteiger partial charge in [0.25, 0.3) is 0 Å². The van der Waals surface area contributed by atoms with Crippen molar-refractivity contribution in [3.63, 3.8) is 0 Å². The molecule has 0 fully saturated rings. The standard InChI is InChI=1S/C16H35N3O/c1-12(2)7-14(10-17)9-16(20)18-11-15(19(5)6)8-13(3)4/h12-15H,7-11,17H2,1-6H3,(H,18,20)/t14-,15?/m0/s1. The van der Waals surface area contributed by atoms with Crippen molar-refractivity contribution in [3.05, 3.63) is 0 Å². The average Bonchev–Trinajstić information content (AvgIpc) is 2.32. The Bertz CT molecular complexity index is 264. The van der Waals surface area contributed by atoms with E-state index in [1.165, 1.54) is 0 Å². The second kappa shape index (κ2) is 10.2. The minimum absolute atomic E-state index is 0.136. The zero-order valence-electron chi connectivity index (χ0n) is 14.3. The zero-order chi connectivity index (χ0) is 15.7. The van der Waals surface area contributed by atoms with E-state index in [-0.39, 0.29) is 5.91 Å². The van der Waals surface area contributed by atoms with Crippen LogP contribution in [0.4, 0.5) is 0 Å². The number of carbonyl (C=O) groups is 1. The fourth-order valence-electron chi connectivity index (χ4n) is 2.52. The fourth-order valence-corrected chi connectivity index (χ4v) is 2.52. The van der Waals surface area contributed by atoms with E-state index < -0.39 is 0 Å². The van der Waals surface area contributed by atoms with Crippen molar-refractivity contribution in [3.8, 4) is 0 Å². The Balaban J connectivity index is 4.17. The summed E-state index contributed by atoms with van der Waals surface area (Å²) < 4.78 is 0. The van der Waals surface area contributed by atoms with Crippen molar-refractivity contribution >= 4 is 5.91 Å². The first-order chi connectivity index (χ1) is 9.26. The Morgan fingerprint density at radius 2 is 1.65 bits per heavy atom. The summed E-state index contributed by atoms with van der Waals surface area (Å²) in [5.74, 6) is 1.67. The molecule has 0 saturated carbocycles. The normalized spacial score (nSPS) is 14.9. The van der Waals surface area contributed by atoms with Gasteiger partial charge in [0.15, 0.2) is 0 Å². The quantitative estimate of drug-likeness (QED) is 0.646. The van der Waals surface area contributed by atoms with Gasteiger partial charge in [0, 0.05) is 19.0 Å². The lowest BCUT2D eigenvalue weighted by molar-refractivity contribution is -0.122. The summed E-state index contributed by atoms with van der Waals surface area (Å²) >= 11 is 0. The van der Waals surface area contributed by atoms with Crippen LogP contribution in [-0.4, -0.2) is 44.0 Å². The molecule has 20 heavy (non-hydrogen) atoms. The molecule has 3 N–H and O–H groups in total. The molecule has 0 aromatic rings. The Hall–Kier alpha value is -0.610. The van der Waals surface area contributed by atoms with E-state index in [9.17, 15) is 4.79 Å². The third kappa shape index (κ3) is 9.32. The molecule has 0 saturated heterocycles. The zero-order valence-corrected chi connectivity index (χ0v) is 14.3. The lowest BCUT2D eigenvalue weighted by Crippen LogP contribution is -2.41. The lowest BCUT2D eigenvalue weighted by atomic mass is 9.94. The van der Waals surface area contributed by atoms with Gasteiger partial charge in [-0.1, -0.05) is 27.7 Å². The van der Waals surface area contributed by atoms with Crippen LogP contribution in [0, 0.1) is 17.8 Å². The monoisotopic (exact) mass is 285 g/mol. The van der Waals surface area contributed by atoms with Crippen molar-refractivity contribution in [1.82, 2.24) is 10.2 Å². The van der Waals surface area contributed by atoms with Crippen LogP contribution in [0.1, 0.15) is 47.0 Å². The highest BCUT2D eigenvalue weighted by Crippen LogP contribution is 2.14. The van der Waals surface area contributed by atoms with Gasteiger partial charge in [0.1, 0.15) is 0 Å². The molecule has 4 heteroatoms. The topological polar surface area (TPSA) is 58.4 Å². The van der Waals surface area contributed by atoms with Crippen LogP contribution in [0.3, 0.4) is 0 Å². The molecule has 4 nitrogen and oxygen atoms in total. The van der Waals surface area contributed by atoms with E-state index in [1.807, 2.05) is 0 Å². The summed E-state index contributed by atoms with van der Waals surface area (Å²) in [5, 5.41) is 3.07. The summed E-state index contributed by atoms with van der Waals surface area (Å²) in [6.45, 7) is 10.1.